The van der Waals surface area contributed by atoms with Gasteiger partial charge in [0, 0.05) is 11.7 Å². The molecule has 0 saturated carbocycles. The molecule has 0 aliphatic rings. The predicted molar refractivity (Wildman–Crippen MR) is 76.9 cm³/mol. The summed E-state index contributed by atoms with van der Waals surface area (Å²) in [5.41, 5.74) is 0.714. The Morgan fingerprint density at radius 2 is 1.58 bits per heavy atom. The second-order valence-corrected chi connectivity index (χ2v) is 5.57. The summed E-state index contributed by atoms with van der Waals surface area (Å²) in [6.07, 6.45) is 0. The quantitative estimate of drug-likeness (QED) is 0.819. The second-order valence-electron chi connectivity index (χ2n) is 5.57. The molecule has 1 rings (SSSR count). The van der Waals surface area contributed by atoms with Crippen molar-refractivity contribution in [2.24, 2.45) is 5.41 Å². The highest BCUT2D eigenvalue weighted by atomic mass is 16.2. The van der Waals surface area contributed by atoms with Gasteiger partial charge in [-0.3, -0.25) is 9.59 Å². The summed E-state index contributed by atoms with van der Waals surface area (Å²) < 4.78 is 0. The Balaban J connectivity index is 2.75. The third kappa shape index (κ3) is 4.09. The summed E-state index contributed by atoms with van der Waals surface area (Å²) in [4.78, 5) is 24.2. The number of amides is 2. The van der Waals surface area contributed by atoms with Crippen molar-refractivity contribution in [3.63, 3.8) is 0 Å². The summed E-state index contributed by atoms with van der Waals surface area (Å²) in [6, 6.07) is 7.49. The molecule has 104 valence electrons. The molecule has 0 atom stereocenters. The van der Waals surface area contributed by atoms with Crippen LogP contribution >= 0.6 is 0 Å². The van der Waals surface area contributed by atoms with E-state index in [-0.39, 0.29) is 17.9 Å². The van der Waals surface area contributed by atoms with Crippen molar-refractivity contribution >= 4 is 17.5 Å². The number of benzene rings is 1. The first kappa shape index (κ1) is 15.2. The van der Waals surface area contributed by atoms with E-state index in [4.69, 9.17) is 0 Å². The number of rotatable bonds is 4. The van der Waals surface area contributed by atoms with Crippen LogP contribution in [0.15, 0.2) is 24.3 Å². The third-order valence-corrected chi connectivity index (χ3v) is 2.86. The molecule has 0 radical (unpaired) electrons. The fourth-order valence-corrected chi connectivity index (χ4v) is 1.47. The Hall–Kier alpha value is -1.84. The molecule has 2 amide bonds. The molecule has 0 aromatic heterocycles. The molecule has 1 aromatic carbocycles. The van der Waals surface area contributed by atoms with Crippen LogP contribution in [-0.4, -0.2) is 17.9 Å². The highest BCUT2D eigenvalue weighted by Crippen LogP contribution is 2.19. The summed E-state index contributed by atoms with van der Waals surface area (Å²) in [5, 5.41) is 5.52. The van der Waals surface area contributed by atoms with Gasteiger partial charge in [0.15, 0.2) is 0 Å². The molecule has 0 unspecified atom stereocenters. The maximum Gasteiger partial charge on any atom is 0.239 e. The lowest BCUT2D eigenvalue weighted by Gasteiger charge is -2.24. The van der Waals surface area contributed by atoms with Gasteiger partial charge in [-0.2, -0.15) is 0 Å². The molecular formula is C15H22N2O2. The lowest BCUT2D eigenvalue weighted by Crippen LogP contribution is -2.47. The van der Waals surface area contributed by atoms with E-state index in [0.29, 0.717) is 5.69 Å². The number of nitrogens with one attached hydrogen (secondary N) is 2. The Bertz CT molecular complexity index is 462. The minimum Gasteiger partial charge on any atom is -0.353 e. The fourth-order valence-electron chi connectivity index (χ4n) is 1.47. The zero-order valence-electron chi connectivity index (χ0n) is 12.2. The SMILES string of the molecule is Cc1ccc(NC(=O)C(C)(C)C(=O)NC(C)C)cc1. The maximum atomic E-state index is 12.2. The average molecular weight is 262 g/mol. The first-order chi connectivity index (χ1) is 8.73. The molecule has 2 N–H and O–H groups in total. The number of carbonyl (C=O) groups is 2. The molecule has 19 heavy (non-hydrogen) atoms. The topological polar surface area (TPSA) is 58.2 Å². The highest BCUT2D eigenvalue weighted by molar-refractivity contribution is 6.09. The number of hydrogen-bond donors (Lipinski definition) is 2. The molecule has 0 saturated heterocycles. The number of carbonyl (C=O) groups excluding carboxylic acids is 2. The standard InChI is InChI=1S/C15H22N2O2/c1-10(2)16-13(18)15(4,5)14(19)17-12-8-6-11(3)7-9-12/h6-10H,1-5H3,(H,16,18)(H,17,19). The van der Waals surface area contributed by atoms with Gasteiger partial charge in [0.25, 0.3) is 0 Å². The van der Waals surface area contributed by atoms with Crippen molar-refractivity contribution in [2.75, 3.05) is 5.32 Å². The smallest absolute Gasteiger partial charge is 0.239 e. The van der Waals surface area contributed by atoms with Crippen molar-refractivity contribution < 1.29 is 9.59 Å². The molecular weight excluding hydrogens is 240 g/mol. The Labute approximate surface area is 114 Å². The lowest BCUT2D eigenvalue weighted by atomic mass is 9.90. The summed E-state index contributed by atoms with van der Waals surface area (Å²) in [6.45, 7) is 8.95. The summed E-state index contributed by atoms with van der Waals surface area (Å²) in [7, 11) is 0. The molecule has 4 nitrogen and oxygen atoms in total. The van der Waals surface area contributed by atoms with Gasteiger partial charge in [-0.25, -0.2) is 0 Å². The predicted octanol–water partition coefficient (Wildman–Crippen LogP) is 2.48. The lowest BCUT2D eigenvalue weighted by molar-refractivity contribution is -0.138. The maximum absolute atomic E-state index is 12.2. The Morgan fingerprint density at radius 3 is 2.05 bits per heavy atom. The van der Waals surface area contributed by atoms with E-state index >= 15 is 0 Å². The first-order valence-electron chi connectivity index (χ1n) is 6.42. The molecule has 4 heteroatoms. The first-order valence-corrected chi connectivity index (χ1v) is 6.42. The van der Waals surface area contributed by atoms with Gasteiger partial charge >= 0.3 is 0 Å². The number of hydrogen-bond acceptors (Lipinski definition) is 2. The summed E-state index contributed by atoms with van der Waals surface area (Å²) >= 11 is 0. The molecule has 0 fully saturated rings. The van der Waals surface area contributed by atoms with E-state index in [2.05, 4.69) is 10.6 Å². The fraction of sp³-hybridized carbons (Fsp3) is 0.467. The van der Waals surface area contributed by atoms with Crippen molar-refractivity contribution in [1.82, 2.24) is 5.32 Å². The van der Waals surface area contributed by atoms with Gasteiger partial charge in [0.2, 0.25) is 11.8 Å². The van der Waals surface area contributed by atoms with Crippen molar-refractivity contribution in [3.8, 4) is 0 Å². The monoisotopic (exact) mass is 262 g/mol. The van der Waals surface area contributed by atoms with Gasteiger partial charge in [-0.15, -0.1) is 0 Å². The normalized spacial score (nSPS) is 11.3. The van der Waals surface area contributed by atoms with Crippen LogP contribution in [-0.2, 0) is 9.59 Å². The van der Waals surface area contributed by atoms with Gasteiger partial charge < -0.3 is 10.6 Å². The van der Waals surface area contributed by atoms with Crippen LogP contribution in [0.3, 0.4) is 0 Å². The van der Waals surface area contributed by atoms with E-state index in [9.17, 15) is 9.59 Å². The van der Waals surface area contributed by atoms with Crippen LogP contribution in [0.5, 0.6) is 0 Å². The van der Waals surface area contributed by atoms with Crippen molar-refractivity contribution in [1.29, 1.82) is 0 Å². The Morgan fingerprint density at radius 1 is 1.05 bits per heavy atom. The van der Waals surface area contributed by atoms with Crippen LogP contribution in [0, 0.1) is 12.3 Å². The van der Waals surface area contributed by atoms with Gasteiger partial charge in [0.05, 0.1) is 0 Å². The van der Waals surface area contributed by atoms with Crippen molar-refractivity contribution in [2.45, 2.75) is 40.7 Å². The molecule has 0 aliphatic carbocycles. The van der Waals surface area contributed by atoms with Gasteiger partial charge in [0.1, 0.15) is 5.41 Å². The van der Waals surface area contributed by atoms with E-state index in [1.165, 1.54) is 0 Å². The van der Waals surface area contributed by atoms with Crippen LogP contribution in [0.2, 0.25) is 0 Å². The van der Waals surface area contributed by atoms with E-state index in [1.54, 1.807) is 13.8 Å². The van der Waals surface area contributed by atoms with Crippen LogP contribution in [0.25, 0.3) is 0 Å². The molecule has 0 bridgehead atoms. The second kappa shape index (κ2) is 5.87. The molecule has 0 aliphatic heterocycles. The third-order valence-electron chi connectivity index (χ3n) is 2.86. The van der Waals surface area contributed by atoms with Crippen LogP contribution in [0.4, 0.5) is 5.69 Å². The molecule has 0 spiro atoms. The number of anilines is 1. The number of aryl methyl sites for hydroxylation is 1. The van der Waals surface area contributed by atoms with Crippen molar-refractivity contribution in [3.05, 3.63) is 29.8 Å². The largest absolute Gasteiger partial charge is 0.353 e. The van der Waals surface area contributed by atoms with Gasteiger partial charge in [-0.1, -0.05) is 17.7 Å². The zero-order chi connectivity index (χ0) is 14.6. The minimum atomic E-state index is -1.10. The molecule has 0 heterocycles. The molecule has 1 aromatic rings. The minimum absolute atomic E-state index is 0.0129. The average Bonchev–Trinajstić information content (AvgIpc) is 2.31. The van der Waals surface area contributed by atoms with Crippen LogP contribution in [0.1, 0.15) is 33.3 Å². The van der Waals surface area contributed by atoms with Crippen LogP contribution < -0.4 is 10.6 Å². The van der Waals surface area contributed by atoms with Gasteiger partial charge in [-0.05, 0) is 46.8 Å². The van der Waals surface area contributed by atoms with E-state index < -0.39 is 5.41 Å². The van der Waals surface area contributed by atoms with E-state index in [0.717, 1.165) is 5.56 Å². The summed E-state index contributed by atoms with van der Waals surface area (Å²) in [5.74, 6) is -0.582. The highest BCUT2D eigenvalue weighted by Gasteiger charge is 2.36. The Kier molecular flexibility index (Phi) is 4.70. The zero-order valence-corrected chi connectivity index (χ0v) is 12.2. The van der Waals surface area contributed by atoms with E-state index in [1.807, 2.05) is 45.0 Å².